The van der Waals surface area contributed by atoms with E-state index in [-0.39, 0.29) is 82.5 Å². The predicted molar refractivity (Wildman–Crippen MR) is 139 cm³/mol. The van der Waals surface area contributed by atoms with Crippen LogP contribution in [0.5, 0.6) is 0 Å². The molecule has 0 aromatic heterocycles. The van der Waals surface area contributed by atoms with Gasteiger partial charge in [-0.25, -0.2) is 16.8 Å². The molecule has 0 radical (unpaired) electrons. The van der Waals surface area contributed by atoms with Gasteiger partial charge in [-0.3, -0.25) is 9.59 Å². The van der Waals surface area contributed by atoms with Crippen molar-refractivity contribution >= 4 is 44.0 Å². The molecule has 0 saturated heterocycles. The standard InChI is InChI=1S/C28H34O8S2.2Na/c1-25(2)21-9-11-27(25,15-37(31,32)33)23(29)19(21)13-17-5-7-18(8-6-17)14-20-22-10-12-28(24(20)30,26(22,3)4)16-38(34,35)36;;/h5-8,13-14,21-22H,9-12,15-16H2,1-4H3,(H,31,32,33)(H,34,35,36);;/q;2*+1/p-2/b19-13+,20-14+;;. The first-order chi connectivity index (χ1) is 17.3. The maximum Gasteiger partial charge on any atom is 1.00 e. The first kappa shape index (κ1) is 34.4. The van der Waals surface area contributed by atoms with Gasteiger partial charge in [-0.2, -0.15) is 0 Å². The molecule has 1 aromatic carbocycles. The van der Waals surface area contributed by atoms with Crippen molar-refractivity contribution in [2.24, 2.45) is 33.5 Å². The molecule has 0 aliphatic heterocycles. The van der Waals surface area contributed by atoms with Crippen LogP contribution in [0.15, 0.2) is 35.4 Å². The van der Waals surface area contributed by atoms with Crippen LogP contribution in [0.1, 0.15) is 64.5 Å². The fourth-order valence-corrected chi connectivity index (χ4v) is 10.7. The normalized spacial score (nSPS) is 33.9. The van der Waals surface area contributed by atoms with Gasteiger partial charge in [0, 0.05) is 11.1 Å². The number of carbonyl (C=O) groups excluding carboxylic acids is 2. The van der Waals surface area contributed by atoms with Crippen molar-refractivity contribution < 1.29 is 94.6 Å². The molecule has 0 heterocycles. The molecule has 0 N–H and O–H groups in total. The zero-order chi connectivity index (χ0) is 28.1. The first-order valence-corrected chi connectivity index (χ1v) is 16.0. The Labute approximate surface area is 280 Å². The Bertz CT molecular complexity index is 1410. The summed E-state index contributed by atoms with van der Waals surface area (Å²) >= 11 is 0. The van der Waals surface area contributed by atoms with E-state index in [4.69, 9.17) is 0 Å². The van der Waals surface area contributed by atoms with Crippen LogP contribution >= 0.6 is 0 Å². The van der Waals surface area contributed by atoms with E-state index in [1.54, 1.807) is 12.2 Å². The summed E-state index contributed by atoms with van der Waals surface area (Å²) in [6.07, 6.45) is 5.59. The molecular weight excluding hydrogens is 574 g/mol. The van der Waals surface area contributed by atoms with Crippen molar-refractivity contribution in [2.75, 3.05) is 11.5 Å². The van der Waals surface area contributed by atoms with Crippen molar-refractivity contribution in [2.45, 2.75) is 53.4 Å². The summed E-state index contributed by atoms with van der Waals surface area (Å²) in [5, 5.41) is 0. The van der Waals surface area contributed by atoms with E-state index in [2.05, 4.69) is 0 Å². The number of hydrogen-bond donors (Lipinski definition) is 0. The van der Waals surface area contributed by atoms with Crippen LogP contribution in [0.25, 0.3) is 12.2 Å². The van der Waals surface area contributed by atoms with Gasteiger partial charge in [0.25, 0.3) is 0 Å². The van der Waals surface area contributed by atoms with Crippen molar-refractivity contribution in [3.63, 3.8) is 0 Å². The van der Waals surface area contributed by atoms with Crippen LogP contribution in [0.3, 0.4) is 0 Å². The van der Waals surface area contributed by atoms with Gasteiger partial charge in [-0.1, -0.05) is 52.0 Å². The summed E-state index contributed by atoms with van der Waals surface area (Å²) < 4.78 is 69.9. The zero-order valence-corrected chi connectivity index (χ0v) is 29.6. The first-order valence-electron chi connectivity index (χ1n) is 12.8. The smallest absolute Gasteiger partial charge is 0.748 e. The Morgan fingerprint density at radius 1 is 0.700 bits per heavy atom. The summed E-state index contributed by atoms with van der Waals surface area (Å²) in [4.78, 5) is 26.8. The Balaban J connectivity index is 0.00000220. The second-order valence-corrected chi connectivity index (χ2v) is 15.5. The van der Waals surface area contributed by atoms with E-state index in [9.17, 15) is 35.5 Å². The summed E-state index contributed by atoms with van der Waals surface area (Å²) in [6.45, 7) is 7.45. The van der Waals surface area contributed by atoms with Crippen molar-refractivity contribution in [3.05, 3.63) is 46.5 Å². The molecule has 4 fully saturated rings. The molecule has 12 heteroatoms. The molecule has 8 nitrogen and oxygen atoms in total. The van der Waals surface area contributed by atoms with Crippen LogP contribution in [-0.2, 0) is 29.8 Å². The average molecular weight is 607 g/mol. The summed E-state index contributed by atoms with van der Waals surface area (Å²) in [6, 6.07) is 7.24. The van der Waals surface area contributed by atoms with Gasteiger partial charge in [0.1, 0.15) is 0 Å². The summed E-state index contributed by atoms with van der Waals surface area (Å²) in [7, 11) is -9.17. The third-order valence-electron chi connectivity index (χ3n) is 10.5. The number of allylic oxidation sites excluding steroid dienone is 2. The van der Waals surface area contributed by atoms with E-state index in [1.807, 2.05) is 52.0 Å². The van der Waals surface area contributed by atoms with E-state index >= 15 is 0 Å². The molecular formula is C28H32Na2O8S2. The van der Waals surface area contributed by atoms with E-state index < -0.39 is 53.4 Å². The Hall–Kier alpha value is -0.140. The molecule has 4 aliphatic carbocycles. The van der Waals surface area contributed by atoms with Gasteiger partial charge in [-0.15, -0.1) is 0 Å². The number of rotatable bonds is 6. The van der Waals surface area contributed by atoms with Crippen LogP contribution in [-0.4, -0.2) is 49.0 Å². The zero-order valence-electron chi connectivity index (χ0n) is 23.9. The maximum atomic E-state index is 13.4. The SMILES string of the molecule is CC1(C)C2CCC1(CS(=O)(=O)[O-])C(=O)/C2=C/c1ccc(/C=C2/C(=O)C3(CS(=O)(=O)[O-])CCC2C3(C)C)cc1.[Na+].[Na+]. The second kappa shape index (κ2) is 10.8. The number of carbonyl (C=O) groups is 2. The topological polar surface area (TPSA) is 149 Å². The van der Waals surface area contributed by atoms with E-state index in [1.165, 1.54) is 0 Å². The fraction of sp³-hybridized carbons (Fsp3) is 0.571. The number of Topliss-reactive ketones (excluding diaryl/α,β-unsaturated/α-hetero) is 2. The van der Waals surface area contributed by atoms with E-state index in [0.717, 1.165) is 11.1 Å². The molecule has 4 saturated carbocycles. The van der Waals surface area contributed by atoms with Gasteiger partial charge < -0.3 is 9.11 Å². The minimum atomic E-state index is -4.58. The molecule has 5 rings (SSSR count). The molecule has 0 spiro atoms. The molecule has 1 aromatic rings. The average Bonchev–Trinajstić information content (AvgIpc) is 3.27. The maximum absolute atomic E-state index is 13.4. The Morgan fingerprint density at radius 3 is 1.27 bits per heavy atom. The van der Waals surface area contributed by atoms with Gasteiger partial charge in [-0.05, 0) is 71.6 Å². The van der Waals surface area contributed by atoms with Gasteiger partial charge in [0.05, 0.1) is 42.6 Å². The van der Waals surface area contributed by atoms with Crippen molar-refractivity contribution in [1.29, 1.82) is 0 Å². The number of ketones is 2. The molecule has 4 unspecified atom stereocenters. The molecule has 4 bridgehead atoms. The molecule has 40 heavy (non-hydrogen) atoms. The second-order valence-electron chi connectivity index (χ2n) is 12.7. The van der Waals surface area contributed by atoms with Crippen molar-refractivity contribution in [3.8, 4) is 0 Å². The number of hydrogen-bond acceptors (Lipinski definition) is 8. The minimum absolute atomic E-state index is 0. The molecule has 4 atom stereocenters. The van der Waals surface area contributed by atoms with Gasteiger partial charge in [0.15, 0.2) is 11.6 Å². The minimum Gasteiger partial charge on any atom is -0.748 e. The largest absolute Gasteiger partial charge is 1.00 e. The quantitative estimate of drug-likeness (QED) is 0.197. The molecule has 206 valence electrons. The third-order valence-corrected chi connectivity index (χ3v) is 12.2. The summed E-state index contributed by atoms with van der Waals surface area (Å²) in [5.74, 6) is -2.18. The summed E-state index contributed by atoms with van der Waals surface area (Å²) in [5.41, 5.74) is -1.10. The van der Waals surface area contributed by atoms with Crippen LogP contribution in [0.2, 0.25) is 0 Å². The van der Waals surface area contributed by atoms with Gasteiger partial charge >= 0.3 is 59.1 Å². The number of benzene rings is 1. The molecule has 4 aliphatic rings. The predicted octanol–water partition coefficient (Wildman–Crippen LogP) is -2.44. The van der Waals surface area contributed by atoms with Gasteiger partial charge in [0.2, 0.25) is 0 Å². The Morgan fingerprint density at radius 2 is 1.00 bits per heavy atom. The van der Waals surface area contributed by atoms with E-state index in [0.29, 0.717) is 36.8 Å². The third kappa shape index (κ3) is 5.16. The van der Waals surface area contributed by atoms with Crippen molar-refractivity contribution in [1.82, 2.24) is 0 Å². The molecule has 0 amide bonds. The fourth-order valence-electron chi connectivity index (χ4n) is 8.22. The van der Waals surface area contributed by atoms with Crippen LogP contribution in [0.4, 0.5) is 0 Å². The number of fused-ring (bicyclic) bond motifs is 4. The van der Waals surface area contributed by atoms with Crippen LogP contribution in [0, 0.1) is 33.5 Å². The monoisotopic (exact) mass is 606 g/mol. The van der Waals surface area contributed by atoms with Crippen LogP contribution < -0.4 is 59.1 Å². The Kier molecular flexibility index (Phi) is 9.26.